The number of sulfonamides is 1. The van der Waals surface area contributed by atoms with Gasteiger partial charge in [0.25, 0.3) is 0 Å². The smallest absolute Gasteiger partial charge is 0.240 e. The second-order valence-electron chi connectivity index (χ2n) is 6.59. The molecule has 2 N–H and O–H groups in total. The Kier molecular flexibility index (Phi) is 5.41. The van der Waals surface area contributed by atoms with E-state index < -0.39 is 10.0 Å². The Labute approximate surface area is 158 Å². The lowest BCUT2D eigenvalue weighted by molar-refractivity contribution is -0.116. The fourth-order valence-corrected chi connectivity index (χ4v) is 4.93. The summed E-state index contributed by atoms with van der Waals surface area (Å²) >= 11 is 1.57. The molecule has 0 unspecified atom stereocenters. The summed E-state index contributed by atoms with van der Waals surface area (Å²) in [6.07, 6.45) is 0.409. The van der Waals surface area contributed by atoms with Gasteiger partial charge in [-0.25, -0.2) is 13.1 Å². The summed E-state index contributed by atoms with van der Waals surface area (Å²) in [5, 5.41) is 2.96. The SMILES string of the molecule is Cc1ccc(C)c(CNS(=O)(=O)c2ccc3c(c2)NC(=O)C[C@@H](C)S3)c1. The van der Waals surface area contributed by atoms with Crippen molar-refractivity contribution in [1.82, 2.24) is 4.72 Å². The van der Waals surface area contributed by atoms with Crippen molar-refractivity contribution in [3.8, 4) is 0 Å². The maximum absolute atomic E-state index is 12.7. The molecule has 3 rings (SSSR count). The quantitative estimate of drug-likeness (QED) is 0.836. The number of nitrogens with one attached hydrogen (secondary N) is 2. The van der Waals surface area contributed by atoms with E-state index in [2.05, 4.69) is 10.0 Å². The third-order valence-corrected chi connectivity index (χ3v) is 6.87. The van der Waals surface area contributed by atoms with Gasteiger partial charge < -0.3 is 5.32 Å². The Morgan fingerprint density at radius 1 is 1.19 bits per heavy atom. The first-order valence-corrected chi connectivity index (χ1v) is 10.8. The van der Waals surface area contributed by atoms with Crippen molar-refractivity contribution in [1.29, 1.82) is 0 Å². The number of carbonyl (C=O) groups is 1. The Bertz CT molecular complexity index is 955. The molecule has 1 amide bonds. The summed E-state index contributed by atoms with van der Waals surface area (Å²) in [6.45, 7) is 6.14. The van der Waals surface area contributed by atoms with Gasteiger partial charge in [-0.05, 0) is 43.2 Å². The molecule has 0 aliphatic carbocycles. The second-order valence-corrected chi connectivity index (χ2v) is 9.84. The van der Waals surface area contributed by atoms with E-state index in [0.717, 1.165) is 21.6 Å². The first-order chi connectivity index (χ1) is 12.2. The Balaban J connectivity index is 1.83. The highest BCUT2D eigenvalue weighted by Gasteiger charge is 2.22. The van der Waals surface area contributed by atoms with Gasteiger partial charge in [0.1, 0.15) is 0 Å². The van der Waals surface area contributed by atoms with Gasteiger partial charge in [-0.3, -0.25) is 4.79 Å². The fourth-order valence-electron chi connectivity index (χ4n) is 2.84. The van der Waals surface area contributed by atoms with Gasteiger partial charge in [0.2, 0.25) is 15.9 Å². The van der Waals surface area contributed by atoms with Crippen LogP contribution < -0.4 is 10.0 Å². The summed E-state index contributed by atoms with van der Waals surface area (Å²) in [7, 11) is -3.68. The van der Waals surface area contributed by atoms with Gasteiger partial charge in [-0.1, -0.05) is 30.7 Å². The van der Waals surface area contributed by atoms with Crippen LogP contribution in [0.15, 0.2) is 46.2 Å². The van der Waals surface area contributed by atoms with Crippen molar-refractivity contribution in [3.05, 3.63) is 53.1 Å². The Hall–Kier alpha value is -1.83. The number of anilines is 1. The van der Waals surface area contributed by atoms with Crippen molar-refractivity contribution in [2.75, 3.05) is 5.32 Å². The van der Waals surface area contributed by atoms with Crippen LogP contribution in [0.1, 0.15) is 30.0 Å². The van der Waals surface area contributed by atoms with E-state index in [-0.39, 0.29) is 22.6 Å². The van der Waals surface area contributed by atoms with E-state index in [1.165, 1.54) is 6.07 Å². The summed E-state index contributed by atoms with van der Waals surface area (Å²) < 4.78 is 28.0. The molecule has 1 aliphatic heterocycles. The number of hydrogen-bond acceptors (Lipinski definition) is 4. The van der Waals surface area contributed by atoms with Crippen molar-refractivity contribution in [2.24, 2.45) is 0 Å². The molecule has 0 radical (unpaired) electrons. The van der Waals surface area contributed by atoms with Crippen molar-refractivity contribution >= 4 is 33.4 Å². The van der Waals surface area contributed by atoms with E-state index in [0.29, 0.717) is 12.1 Å². The predicted molar refractivity (Wildman–Crippen MR) is 105 cm³/mol. The third kappa shape index (κ3) is 4.28. The molecular weight excluding hydrogens is 368 g/mol. The number of amides is 1. The van der Waals surface area contributed by atoms with Crippen LogP contribution >= 0.6 is 11.8 Å². The van der Waals surface area contributed by atoms with E-state index in [9.17, 15) is 13.2 Å². The topological polar surface area (TPSA) is 75.3 Å². The molecule has 1 heterocycles. The molecule has 2 aromatic carbocycles. The van der Waals surface area contributed by atoms with Crippen molar-refractivity contribution in [3.63, 3.8) is 0 Å². The number of hydrogen-bond donors (Lipinski definition) is 2. The number of thioether (sulfide) groups is 1. The predicted octanol–water partition coefficient (Wildman–Crippen LogP) is 3.60. The Morgan fingerprint density at radius 2 is 1.96 bits per heavy atom. The first-order valence-electron chi connectivity index (χ1n) is 8.41. The lowest BCUT2D eigenvalue weighted by Gasteiger charge is -2.12. The zero-order valence-corrected chi connectivity index (χ0v) is 16.6. The number of benzene rings is 2. The molecule has 0 saturated carbocycles. The van der Waals surface area contributed by atoms with E-state index in [4.69, 9.17) is 0 Å². The highest BCUT2D eigenvalue weighted by molar-refractivity contribution is 8.00. The minimum atomic E-state index is -3.68. The summed E-state index contributed by atoms with van der Waals surface area (Å²) in [5.74, 6) is -0.0957. The second kappa shape index (κ2) is 7.42. The molecule has 0 fully saturated rings. The highest BCUT2D eigenvalue weighted by atomic mass is 32.2. The van der Waals surface area contributed by atoms with Gasteiger partial charge in [0.15, 0.2) is 0 Å². The maximum atomic E-state index is 12.7. The van der Waals surface area contributed by atoms with Crippen LogP contribution in [0.4, 0.5) is 5.69 Å². The fraction of sp³-hybridized carbons (Fsp3) is 0.316. The van der Waals surface area contributed by atoms with Crippen LogP contribution in [0, 0.1) is 13.8 Å². The molecule has 0 bridgehead atoms. The molecule has 26 heavy (non-hydrogen) atoms. The van der Waals surface area contributed by atoms with E-state index in [1.807, 2.05) is 39.0 Å². The zero-order valence-electron chi connectivity index (χ0n) is 15.0. The van der Waals surface area contributed by atoms with E-state index in [1.54, 1.807) is 23.9 Å². The molecule has 138 valence electrons. The molecular formula is C19H22N2O3S2. The van der Waals surface area contributed by atoms with Gasteiger partial charge in [-0.2, -0.15) is 0 Å². The summed E-state index contributed by atoms with van der Waals surface area (Å²) in [4.78, 5) is 12.9. The third-order valence-electron chi connectivity index (χ3n) is 4.29. The van der Waals surface area contributed by atoms with Gasteiger partial charge in [-0.15, -0.1) is 11.8 Å². The summed E-state index contributed by atoms with van der Waals surface area (Å²) in [5.41, 5.74) is 3.63. The van der Waals surface area contributed by atoms with Crippen LogP contribution in [-0.2, 0) is 21.4 Å². The van der Waals surface area contributed by atoms with Crippen LogP contribution in [-0.4, -0.2) is 19.6 Å². The number of aryl methyl sites for hydroxylation is 2. The molecule has 2 aromatic rings. The zero-order chi connectivity index (χ0) is 18.9. The van der Waals surface area contributed by atoms with E-state index >= 15 is 0 Å². The van der Waals surface area contributed by atoms with Crippen molar-refractivity contribution in [2.45, 2.75) is 48.8 Å². The molecule has 0 aromatic heterocycles. The lowest BCUT2D eigenvalue weighted by atomic mass is 10.1. The van der Waals surface area contributed by atoms with Crippen LogP contribution in [0.2, 0.25) is 0 Å². The summed E-state index contributed by atoms with van der Waals surface area (Å²) in [6, 6.07) is 10.8. The first kappa shape index (κ1) is 18.9. The average Bonchev–Trinajstić information content (AvgIpc) is 2.71. The lowest BCUT2D eigenvalue weighted by Crippen LogP contribution is -2.24. The molecule has 1 aliphatic rings. The van der Waals surface area contributed by atoms with Crippen molar-refractivity contribution < 1.29 is 13.2 Å². The maximum Gasteiger partial charge on any atom is 0.240 e. The van der Waals surface area contributed by atoms with Gasteiger partial charge >= 0.3 is 0 Å². The molecule has 7 heteroatoms. The van der Waals surface area contributed by atoms with Crippen LogP contribution in [0.25, 0.3) is 0 Å². The van der Waals surface area contributed by atoms with Crippen LogP contribution in [0.5, 0.6) is 0 Å². The number of carbonyl (C=O) groups excluding carboxylic acids is 1. The molecule has 5 nitrogen and oxygen atoms in total. The highest BCUT2D eigenvalue weighted by Crippen LogP contribution is 2.36. The van der Waals surface area contributed by atoms with Gasteiger partial charge in [0.05, 0.1) is 10.6 Å². The largest absolute Gasteiger partial charge is 0.325 e. The minimum absolute atomic E-state index is 0.0957. The number of fused-ring (bicyclic) bond motifs is 1. The standard InChI is InChI=1S/C19H22N2O3S2/c1-12-4-5-13(2)15(8-12)11-20-26(23,24)16-6-7-18-17(10-16)21-19(22)9-14(3)25-18/h4-8,10,14,20H,9,11H2,1-3H3,(H,21,22)/t14-/m1/s1. The molecule has 0 spiro atoms. The monoisotopic (exact) mass is 390 g/mol. The Morgan fingerprint density at radius 3 is 2.73 bits per heavy atom. The minimum Gasteiger partial charge on any atom is -0.325 e. The normalized spacial score (nSPS) is 17.3. The number of rotatable bonds is 4. The van der Waals surface area contributed by atoms with Gasteiger partial charge in [0, 0.05) is 23.1 Å². The molecule has 1 atom stereocenters. The van der Waals surface area contributed by atoms with Crippen LogP contribution in [0.3, 0.4) is 0 Å². The average molecular weight is 391 g/mol. The molecule has 0 saturated heterocycles.